The van der Waals surface area contributed by atoms with Crippen LogP contribution >= 0.6 is 0 Å². The van der Waals surface area contributed by atoms with Gasteiger partial charge >= 0.3 is 5.97 Å². The van der Waals surface area contributed by atoms with E-state index < -0.39 is 11.8 Å². The van der Waals surface area contributed by atoms with E-state index >= 15 is 0 Å². The van der Waals surface area contributed by atoms with Gasteiger partial charge in [-0.1, -0.05) is 12.1 Å². The molecule has 5 nitrogen and oxygen atoms in total. The third-order valence-electron chi connectivity index (χ3n) is 4.08. The van der Waals surface area contributed by atoms with Crippen molar-refractivity contribution in [1.29, 1.82) is 0 Å². The molecular weight excluding hydrogens is 306 g/mol. The summed E-state index contributed by atoms with van der Waals surface area (Å²) < 4.78 is 0. The fraction of sp³-hybridized carbons (Fsp3) is 0.263. The number of carboxylic acid groups (broad SMARTS) is 1. The number of carbonyl (C=O) groups excluding carboxylic acids is 1. The lowest BCUT2D eigenvalue weighted by Gasteiger charge is -2.21. The van der Waals surface area contributed by atoms with Crippen LogP contribution in [0.5, 0.6) is 5.75 Å². The van der Waals surface area contributed by atoms with Gasteiger partial charge in [0.05, 0.1) is 11.1 Å². The Morgan fingerprint density at radius 2 is 1.71 bits per heavy atom. The lowest BCUT2D eigenvalue weighted by molar-refractivity contribution is 0.0692. The Labute approximate surface area is 141 Å². The lowest BCUT2D eigenvalue weighted by atomic mass is 9.93. The minimum absolute atomic E-state index is 0.0628. The molecule has 0 spiro atoms. The van der Waals surface area contributed by atoms with Crippen molar-refractivity contribution in [3.8, 4) is 5.75 Å². The van der Waals surface area contributed by atoms with Gasteiger partial charge in [0.15, 0.2) is 5.78 Å². The van der Waals surface area contributed by atoms with Gasteiger partial charge in [0.25, 0.3) is 0 Å². The first-order valence-corrected chi connectivity index (χ1v) is 7.86. The second-order valence-electron chi connectivity index (χ2n) is 5.51. The Balaban J connectivity index is 2.50. The van der Waals surface area contributed by atoms with Crippen molar-refractivity contribution < 1.29 is 19.8 Å². The van der Waals surface area contributed by atoms with E-state index in [1.807, 2.05) is 18.7 Å². The molecule has 2 rings (SSSR count). The molecule has 0 aliphatic heterocycles. The maximum atomic E-state index is 12.8. The Kier molecular flexibility index (Phi) is 5.24. The van der Waals surface area contributed by atoms with Crippen LogP contribution in [0.3, 0.4) is 0 Å². The summed E-state index contributed by atoms with van der Waals surface area (Å²) in [4.78, 5) is 26.2. The number of benzene rings is 2. The topological polar surface area (TPSA) is 77.8 Å². The van der Waals surface area contributed by atoms with Crippen LogP contribution in [0.4, 0.5) is 5.69 Å². The van der Waals surface area contributed by atoms with Crippen molar-refractivity contribution in [3.05, 3.63) is 58.7 Å². The molecule has 2 aromatic rings. The van der Waals surface area contributed by atoms with Gasteiger partial charge in [-0.05, 0) is 44.5 Å². The first kappa shape index (κ1) is 17.5. The van der Waals surface area contributed by atoms with Crippen LogP contribution < -0.4 is 4.90 Å². The number of aromatic carboxylic acids is 1. The zero-order valence-corrected chi connectivity index (χ0v) is 14.0. The predicted molar refractivity (Wildman–Crippen MR) is 93.2 cm³/mol. The van der Waals surface area contributed by atoms with Crippen molar-refractivity contribution in [1.82, 2.24) is 0 Å². The van der Waals surface area contributed by atoms with E-state index in [4.69, 9.17) is 0 Å². The van der Waals surface area contributed by atoms with Gasteiger partial charge in [0.2, 0.25) is 0 Å². The van der Waals surface area contributed by atoms with Crippen molar-refractivity contribution in [2.75, 3.05) is 18.0 Å². The highest BCUT2D eigenvalue weighted by Gasteiger charge is 2.22. The van der Waals surface area contributed by atoms with Gasteiger partial charge in [0, 0.05) is 30.4 Å². The number of aromatic hydroxyl groups is 1. The molecule has 0 aromatic heterocycles. The maximum Gasteiger partial charge on any atom is 0.336 e. The molecule has 0 heterocycles. The van der Waals surface area contributed by atoms with E-state index in [2.05, 4.69) is 0 Å². The average molecular weight is 327 g/mol. The quantitative estimate of drug-likeness (QED) is 0.794. The van der Waals surface area contributed by atoms with Crippen molar-refractivity contribution in [2.24, 2.45) is 0 Å². The number of anilines is 1. The lowest BCUT2D eigenvalue weighted by Crippen LogP contribution is -2.21. The average Bonchev–Trinajstić information content (AvgIpc) is 2.55. The Morgan fingerprint density at radius 1 is 1.04 bits per heavy atom. The minimum atomic E-state index is -1.17. The van der Waals surface area contributed by atoms with E-state index in [9.17, 15) is 19.8 Å². The highest BCUT2D eigenvalue weighted by atomic mass is 16.4. The van der Waals surface area contributed by atoms with Crippen molar-refractivity contribution in [3.63, 3.8) is 0 Å². The first-order chi connectivity index (χ1) is 11.4. The molecule has 2 N–H and O–H groups in total. The summed E-state index contributed by atoms with van der Waals surface area (Å²) in [6.07, 6.45) is 0. The summed E-state index contributed by atoms with van der Waals surface area (Å²) in [5.41, 5.74) is 1.52. The molecule has 0 fully saturated rings. The summed E-state index contributed by atoms with van der Waals surface area (Å²) in [5, 5.41) is 19.6. The largest absolute Gasteiger partial charge is 0.507 e. The molecule has 2 aromatic carbocycles. The van der Waals surface area contributed by atoms with Gasteiger partial charge in [0.1, 0.15) is 5.75 Å². The van der Waals surface area contributed by atoms with Crippen LogP contribution in [0.25, 0.3) is 0 Å². The Bertz CT molecular complexity index is 779. The molecule has 0 atom stereocenters. The van der Waals surface area contributed by atoms with Crippen LogP contribution in [0.1, 0.15) is 45.7 Å². The predicted octanol–water partition coefficient (Wildman–Crippen LogP) is 3.48. The number of aryl methyl sites for hydroxylation is 1. The van der Waals surface area contributed by atoms with E-state index in [1.165, 1.54) is 6.07 Å². The molecular formula is C19H21NO4. The number of phenolic OH excluding ortho intramolecular Hbond substituents is 1. The van der Waals surface area contributed by atoms with E-state index in [1.54, 1.807) is 37.3 Å². The SMILES string of the molecule is CCN(CC)c1ccc(C(=O)c2c(C)cccc2C(=O)O)c(O)c1. The molecule has 0 aliphatic carbocycles. The van der Waals surface area contributed by atoms with Crippen LogP contribution in [-0.2, 0) is 0 Å². The number of nitrogens with zero attached hydrogens (tertiary/aromatic N) is 1. The van der Waals surface area contributed by atoms with Gasteiger partial charge in [-0.25, -0.2) is 4.79 Å². The Hall–Kier alpha value is -2.82. The van der Waals surface area contributed by atoms with E-state index in [0.717, 1.165) is 18.8 Å². The number of carboxylic acids is 1. The first-order valence-electron chi connectivity index (χ1n) is 7.86. The minimum Gasteiger partial charge on any atom is -0.507 e. The van der Waals surface area contributed by atoms with Crippen LogP contribution in [-0.4, -0.2) is 35.1 Å². The summed E-state index contributed by atoms with van der Waals surface area (Å²) in [6, 6.07) is 9.52. The summed E-state index contributed by atoms with van der Waals surface area (Å²) in [6.45, 7) is 7.26. The molecule has 0 saturated heterocycles. The number of carbonyl (C=O) groups is 2. The molecule has 0 saturated carbocycles. The fourth-order valence-corrected chi connectivity index (χ4v) is 2.78. The number of rotatable bonds is 6. The maximum absolute atomic E-state index is 12.8. The molecule has 5 heteroatoms. The van der Waals surface area contributed by atoms with Gasteiger partial charge in [-0.3, -0.25) is 4.79 Å². The zero-order valence-electron chi connectivity index (χ0n) is 14.0. The number of phenols is 1. The molecule has 24 heavy (non-hydrogen) atoms. The highest BCUT2D eigenvalue weighted by molar-refractivity contribution is 6.16. The second kappa shape index (κ2) is 7.17. The molecule has 0 radical (unpaired) electrons. The second-order valence-corrected chi connectivity index (χ2v) is 5.51. The van der Waals surface area contributed by atoms with Crippen molar-refractivity contribution in [2.45, 2.75) is 20.8 Å². The molecule has 0 unspecified atom stereocenters. The molecule has 0 amide bonds. The van der Waals surface area contributed by atoms with Crippen LogP contribution in [0.2, 0.25) is 0 Å². The number of ketones is 1. The smallest absolute Gasteiger partial charge is 0.336 e. The fourth-order valence-electron chi connectivity index (χ4n) is 2.78. The van der Waals surface area contributed by atoms with Gasteiger partial charge in [-0.2, -0.15) is 0 Å². The standard InChI is InChI=1S/C19H21NO4/c1-4-20(5-2)13-9-10-14(16(21)11-13)18(22)17-12(3)7-6-8-15(17)19(23)24/h6-11,21H,4-5H2,1-3H3,(H,23,24). The van der Waals surface area contributed by atoms with Crippen LogP contribution in [0.15, 0.2) is 36.4 Å². The van der Waals surface area contributed by atoms with Crippen LogP contribution in [0, 0.1) is 6.92 Å². The third kappa shape index (κ3) is 3.25. The molecule has 0 aliphatic rings. The van der Waals surface area contributed by atoms with E-state index in [-0.39, 0.29) is 22.4 Å². The van der Waals surface area contributed by atoms with E-state index in [0.29, 0.717) is 5.56 Å². The van der Waals surface area contributed by atoms with Gasteiger partial charge < -0.3 is 15.1 Å². The molecule has 0 bridgehead atoms. The summed E-state index contributed by atoms with van der Waals surface area (Å²) >= 11 is 0. The highest BCUT2D eigenvalue weighted by Crippen LogP contribution is 2.28. The molecule has 126 valence electrons. The number of hydrogen-bond donors (Lipinski definition) is 2. The van der Waals surface area contributed by atoms with Gasteiger partial charge in [-0.15, -0.1) is 0 Å². The summed E-state index contributed by atoms with van der Waals surface area (Å²) in [7, 11) is 0. The third-order valence-corrected chi connectivity index (χ3v) is 4.08. The van der Waals surface area contributed by atoms with Crippen molar-refractivity contribution >= 4 is 17.4 Å². The Morgan fingerprint density at radius 3 is 2.25 bits per heavy atom. The monoisotopic (exact) mass is 327 g/mol. The number of hydrogen-bond acceptors (Lipinski definition) is 4. The normalized spacial score (nSPS) is 10.5. The summed E-state index contributed by atoms with van der Waals surface area (Å²) in [5.74, 6) is -1.81. The zero-order chi connectivity index (χ0) is 17.9.